The number of thioether (sulfide) groups is 1. The van der Waals surface area contributed by atoms with Crippen molar-refractivity contribution in [1.82, 2.24) is 0 Å². The predicted molar refractivity (Wildman–Crippen MR) is 83.6 cm³/mol. The molecule has 0 heterocycles. The Morgan fingerprint density at radius 2 is 1.95 bits per heavy atom. The molecule has 0 unspecified atom stereocenters. The summed E-state index contributed by atoms with van der Waals surface area (Å²) < 4.78 is 0. The molecule has 0 saturated carbocycles. The molecule has 0 bridgehead atoms. The second-order valence-corrected chi connectivity index (χ2v) is 6.25. The van der Waals surface area contributed by atoms with E-state index in [-0.39, 0.29) is 0 Å². The molecule has 0 fully saturated rings. The third kappa shape index (κ3) is 4.02. The Kier molecular flexibility index (Phi) is 5.10. The van der Waals surface area contributed by atoms with Gasteiger partial charge < -0.3 is 5.11 Å². The highest BCUT2D eigenvalue weighted by Crippen LogP contribution is 2.27. The minimum atomic E-state index is -0.807. The van der Waals surface area contributed by atoms with Crippen LogP contribution in [0.4, 0.5) is 0 Å². The summed E-state index contributed by atoms with van der Waals surface area (Å²) in [6, 6.07) is 15.2. The molecule has 0 aliphatic rings. The van der Waals surface area contributed by atoms with E-state index in [2.05, 4.69) is 0 Å². The third-order valence-corrected chi connectivity index (χ3v) is 4.45. The highest BCUT2D eigenvalue weighted by molar-refractivity contribution is 8.00. The van der Waals surface area contributed by atoms with Crippen LogP contribution in [0.2, 0.25) is 5.02 Å². The Bertz CT molecular complexity index is 599. The zero-order valence-corrected chi connectivity index (χ0v) is 12.6. The average molecular weight is 307 g/mol. The van der Waals surface area contributed by atoms with Crippen molar-refractivity contribution in [1.29, 1.82) is 0 Å². The van der Waals surface area contributed by atoms with Crippen LogP contribution in [0.15, 0.2) is 53.4 Å². The van der Waals surface area contributed by atoms with E-state index < -0.39 is 11.2 Å². The van der Waals surface area contributed by atoms with Gasteiger partial charge in [-0.05, 0) is 48.7 Å². The Morgan fingerprint density at radius 3 is 2.60 bits per heavy atom. The zero-order valence-electron chi connectivity index (χ0n) is 11.0. The number of hydrogen-bond donors (Lipinski definition) is 1. The van der Waals surface area contributed by atoms with Crippen LogP contribution in [0.5, 0.6) is 0 Å². The van der Waals surface area contributed by atoms with Gasteiger partial charge in [-0.15, -0.1) is 11.8 Å². The summed E-state index contributed by atoms with van der Waals surface area (Å²) in [6.07, 6.45) is 0.460. The summed E-state index contributed by atoms with van der Waals surface area (Å²) in [5.41, 5.74) is 2.04. The van der Waals surface area contributed by atoms with Gasteiger partial charge in [0.15, 0.2) is 0 Å². The Labute approximate surface area is 127 Å². The monoisotopic (exact) mass is 306 g/mol. The number of carboxylic acid groups (broad SMARTS) is 1. The molecule has 20 heavy (non-hydrogen) atoms. The lowest BCUT2D eigenvalue weighted by molar-refractivity contribution is -0.136. The van der Waals surface area contributed by atoms with E-state index in [0.29, 0.717) is 11.4 Å². The van der Waals surface area contributed by atoms with Crippen molar-refractivity contribution in [3.05, 3.63) is 64.7 Å². The first-order valence-electron chi connectivity index (χ1n) is 6.26. The normalized spacial score (nSPS) is 12.1. The lowest BCUT2D eigenvalue weighted by Crippen LogP contribution is -2.19. The van der Waals surface area contributed by atoms with Gasteiger partial charge >= 0.3 is 5.97 Å². The molecule has 0 radical (unpaired) electrons. The van der Waals surface area contributed by atoms with Gasteiger partial charge in [0.2, 0.25) is 0 Å². The molecule has 0 spiro atoms. The number of hydrogen-bond acceptors (Lipinski definition) is 2. The van der Waals surface area contributed by atoms with Crippen molar-refractivity contribution >= 4 is 29.3 Å². The quantitative estimate of drug-likeness (QED) is 0.830. The van der Waals surface area contributed by atoms with E-state index in [1.807, 2.05) is 55.5 Å². The smallest absolute Gasteiger partial charge is 0.317 e. The van der Waals surface area contributed by atoms with E-state index in [0.717, 1.165) is 16.0 Å². The number of carboxylic acids is 1. The molecule has 0 aliphatic carbocycles. The van der Waals surface area contributed by atoms with Crippen molar-refractivity contribution in [3.8, 4) is 0 Å². The largest absolute Gasteiger partial charge is 0.480 e. The number of rotatable bonds is 5. The van der Waals surface area contributed by atoms with E-state index in [1.165, 1.54) is 11.8 Å². The first kappa shape index (κ1) is 14.9. The lowest BCUT2D eigenvalue weighted by atomic mass is 10.0. The van der Waals surface area contributed by atoms with E-state index in [9.17, 15) is 9.90 Å². The molecule has 4 heteroatoms. The summed E-state index contributed by atoms with van der Waals surface area (Å²) in [7, 11) is 0. The fourth-order valence-electron chi connectivity index (χ4n) is 1.90. The van der Waals surface area contributed by atoms with Crippen molar-refractivity contribution < 1.29 is 9.90 Å². The van der Waals surface area contributed by atoms with Gasteiger partial charge in [0.1, 0.15) is 5.25 Å². The van der Waals surface area contributed by atoms with E-state index in [4.69, 9.17) is 11.6 Å². The molecule has 104 valence electrons. The highest BCUT2D eigenvalue weighted by atomic mass is 35.5. The highest BCUT2D eigenvalue weighted by Gasteiger charge is 2.20. The minimum absolute atomic E-state index is 0.460. The molecule has 0 amide bonds. The van der Waals surface area contributed by atoms with Crippen LogP contribution in [-0.2, 0) is 11.2 Å². The molecule has 0 saturated heterocycles. The molecule has 2 nitrogen and oxygen atoms in total. The van der Waals surface area contributed by atoms with Crippen LogP contribution >= 0.6 is 23.4 Å². The van der Waals surface area contributed by atoms with Gasteiger partial charge in [0.25, 0.3) is 0 Å². The van der Waals surface area contributed by atoms with Crippen LogP contribution in [0, 0.1) is 6.92 Å². The summed E-state index contributed by atoms with van der Waals surface area (Å²) in [5, 5.41) is 9.52. The van der Waals surface area contributed by atoms with Crippen LogP contribution in [0.25, 0.3) is 0 Å². The van der Waals surface area contributed by atoms with Crippen molar-refractivity contribution in [2.24, 2.45) is 0 Å². The zero-order chi connectivity index (χ0) is 14.5. The molecular weight excluding hydrogens is 292 g/mol. The fourth-order valence-corrected chi connectivity index (χ4v) is 3.10. The minimum Gasteiger partial charge on any atom is -0.480 e. The van der Waals surface area contributed by atoms with Crippen LogP contribution < -0.4 is 0 Å². The van der Waals surface area contributed by atoms with Gasteiger partial charge in [0.05, 0.1) is 0 Å². The second kappa shape index (κ2) is 6.82. The van der Waals surface area contributed by atoms with Gasteiger partial charge in [0, 0.05) is 9.92 Å². The maximum atomic E-state index is 11.5. The number of benzene rings is 2. The summed E-state index contributed by atoms with van der Waals surface area (Å²) in [6.45, 7) is 1.97. The van der Waals surface area contributed by atoms with Crippen LogP contribution in [-0.4, -0.2) is 16.3 Å². The van der Waals surface area contributed by atoms with Crippen molar-refractivity contribution in [2.45, 2.75) is 23.5 Å². The number of carbonyl (C=O) groups is 1. The van der Waals surface area contributed by atoms with Crippen LogP contribution in [0.1, 0.15) is 11.1 Å². The topological polar surface area (TPSA) is 37.3 Å². The van der Waals surface area contributed by atoms with Crippen LogP contribution in [0.3, 0.4) is 0 Å². The molecule has 0 aromatic heterocycles. The Hall–Kier alpha value is -1.45. The maximum Gasteiger partial charge on any atom is 0.317 e. The number of aliphatic carboxylic acids is 1. The van der Waals surface area contributed by atoms with E-state index in [1.54, 1.807) is 0 Å². The lowest BCUT2D eigenvalue weighted by Gasteiger charge is -2.14. The SMILES string of the molecule is Cc1ccc(Cl)cc1C[C@@H](Sc1ccccc1)C(=O)O. The molecule has 2 aromatic rings. The first-order chi connectivity index (χ1) is 9.56. The standard InChI is InChI=1S/C16H15ClO2S/c1-11-7-8-13(17)9-12(11)10-15(16(18)19)20-14-5-3-2-4-6-14/h2-9,15H,10H2,1H3,(H,18,19)/t15-/m1/s1. The predicted octanol–water partition coefficient (Wildman–Crippen LogP) is 4.44. The summed E-state index contributed by atoms with van der Waals surface area (Å²) in [5.74, 6) is -0.807. The summed E-state index contributed by atoms with van der Waals surface area (Å²) >= 11 is 7.35. The molecule has 2 aromatic carbocycles. The van der Waals surface area contributed by atoms with Gasteiger partial charge in [-0.1, -0.05) is 35.9 Å². The van der Waals surface area contributed by atoms with Gasteiger partial charge in [-0.3, -0.25) is 4.79 Å². The molecule has 2 rings (SSSR count). The Morgan fingerprint density at radius 1 is 1.25 bits per heavy atom. The molecule has 1 N–H and O–H groups in total. The van der Waals surface area contributed by atoms with Gasteiger partial charge in [-0.25, -0.2) is 0 Å². The second-order valence-electron chi connectivity index (χ2n) is 4.53. The number of halogens is 1. The molecule has 0 aliphatic heterocycles. The van der Waals surface area contributed by atoms with Crippen molar-refractivity contribution in [3.63, 3.8) is 0 Å². The molecule has 1 atom stereocenters. The number of aryl methyl sites for hydroxylation is 1. The average Bonchev–Trinajstić information content (AvgIpc) is 2.43. The Balaban J connectivity index is 2.18. The fraction of sp³-hybridized carbons (Fsp3) is 0.188. The van der Waals surface area contributed by atoms with Crippen molar-refractivity contribution in [2.75, 3.05) is 0 Å². The van der Waals surface area contributed by atoms with Gasteiger partial charge in [-0.2, -0.15) is 0 Å². The first-order valence-corrected chi connectivity index (χ1v) is 7.51. The summed E-state index contributed by atoms with van der Waals surface area (Å²) in [4.78, 5) is 12.4. The third-order valence-electron chi connectivity index (χ3n) is 3.01. The van der Waals surface area contributed by atoms with E-state index >= 15 is 0 Å². The maximum absolute atomic E-state index is 11.5. The molecular formula is C16H15ClO2S.